The largest absolute Gasteiger partial charge is 0.365 e. The van der Waals surface area contributed by atoms with E-state index in [4.69, 9.17) is 4.74 Å². The Balaban J connectivity index is 2.03. The van der Waals surface area contributed by atoms with Gasteiger partial charge in [-0.3, -0.25) is 0 Å². The summed E-state index contributed by atoms with van der Waals surface area (Å²) in [4.78, 5) is 0. The Morgan fingerprint density at radius 3 is 2.79 bits per heavy atom. The fourth-order valence-corrected chi connectivity index (χ4v) is 2.74. The van der Waals surface area contributed by atoms with Gasteiger partial charge in [0.1, 0.15) is 5.60 Å². The lowest BCUT2D eigenvalue weighted by atomic mass is 9.84. The van der Waals surface area contributed by atoms with Crippen LogP contribution in [0.3, 0.4) is 0 Å². The maximum atomic E-state index is 6.03. The molecule has 2 heterocycles. The minimum atomic E-state index is 0.0747. The molecule has 1 saturated heterocycles. The van der Waals surface area contributed by atoms with E-state index < -0.39 is 0 Å². The zero-order valence-electron chi connectivity index (χ0n) is 8.33. The van der Waals surface area contributed by atoms with Crippen LogP contribution >= 0.6 is 0 Å². The van der Waals surface area contributed by atoms with Crippen LogP contribution in [-0.4, -0.2) is 13.1 Å². The summed E-state index contributed by atoms with van der Waals surface area (Å²) in [5, 5.41) is 2.38. The van der Waals surface area contributed by atoms with Gasteiger partial charge in [-0.1, -0.05) is 24.3 Å². The van der Waals surface area contributed by atoms with Crippen molar-refractivity contribution in [2.45, 2.75) is 25.0 Å². The van der Waals surface area contributed by atoms with Crippen molar-refractivity contribution >= 4 is 0 Å². The molecule has 0 atom stereocenters. The smallest absolute Gasteiger partial charge is 0.105 e. The van der Waals surface area contributed by atoms with E-state index in [0.29, 0.717) is 0 Å². The molecular weight excluding hydrogens is 174 g/mol. The number of benzene rings is 1. The van der Waals surface area contributed by atoms with Gasteiger partial charge in [0, 0.05) is 12.8 Å². The molecule has 0 bridgehead atoms. The molecule has 1 spiro atoms. The van der Waals surface area contributed by atoms with Crippen molar-refractivity contribution in [3.05, 3.63) is 35.4 Å². The zero-order chi connectivity index (χ0) is 9.43. The second-order valence-corrected chi connectivity index (χ2v) is 4.31. The van der Waals surface area contributed by atoms with Gasteiger partial charge >= 0.3 is 0 Å². The van der Waals surface area contributed by atoms with Crippen molar-refractivity contribution in [1.29, 1.82) is 0 Å². The van der Waals surface area contributed by atoms with Gasteiger partial charge in [0.05, 0.1) is 19.7 Å². The molecule has 0 amide bonds. The Morgan fingerprint density at radius 1 is 1.14 bits per heavy atom. The van der Waals surface area contributed by atoms with Crippen molar-refractivity contribution in [2.75, 3.05) is 13.1 Å². The van der Waals surface area contributed by atoms with Gasteiger partial charge in [0.15, 0.2) is 0 Å². The molecule has 0 aromatic heterocycles. The second kappa shape index (κ2) is 3.07. The Hall–Kier alpha value is -0.860. The third-order valence-electron chi connectivity index (χ3n) is 3.52. The lowest BCUT2D eigenvalue weighted by Crippen LogP contribution is -2.87. The molecule has 2 aliphatic heterocycles. The van der Waals surface area contributed by atoms with Crippen LogP contribution in [0.25, 0.3) is 0 Å². The maximum absolute atomic E-state index is 6.03. The minimum absolute atomic E-state index is 0.0747. The molecular formula is C12H16NO+. The highest BCUT2D eigenvalue weighted by Gasteiger charge is 2.41. The highest BCUT2D eigenvalue weighted by molar-refractivity contribution is 5.35. The average Bonchev–Trinajstić information content (AvgIpc) is 2.60. The van der Waals surface area contributed by atoms with Gasteiger partial charge in [-0.05, 0) is 11.1 Å². The number of hydrogen-bond donors (Lipinski definition) is 1. The SMILES string of the molecule is c1ccc2c(c1)COC21CC[NH2+]CC1. The number of quaternary nitrogens is 1. The van der Waals surface area contributed by atoms with Crippen LogP contribution in [0.15, 0.2) is 24.3 Å². The number of ether oxygens (including phenoxy) is 1. The highest BCUT2D eigenvalue weighted by Crippen LogP contribution is 2.41. The first-order valence-corrected chi connectivity index (χ1v) is 5.45. The number of hydrogen-bond acceptors (Lipinski definition) is 1. The lowest BCUT2D eigenvalue weighted by Gasteiger charge is -2.31. The minimum Gasteiger partial charge on any atom is -0.365 e. The van der Waals surface area contributed by atoms with Crippen molar-refractivity contribution in [3.8, 4) is 0 Å². The molecule has 3 rings (SSSR count). The Kier molecular flexibility index (Phi) is 1.85. The van der Waals surface area contributed by atoms with Crippen LogP contribution in [0.4, 0.5) is 0 Å². The predicted octanol–water partition coefficient (Wildman–Crippen LogP) is 0.769. The van der Waals surface area contributed by atoms with Gasteiger partial charge in [-0.15, -0.1) is 0 Å². The molecule has 0 saturated carbocycles. The fraction of sp³-hybridized carbons (Fsp3) is 0.500. The summed E-state index contributed by atoms with van der Waals surface area (Å²) in [7, 11) is 0. The van der Waals surface area contributed by atoms with E-state index in [1.54, 1.807) is 0 Å². The van der Waals surface area contributed by atoms with Crippen LogP contribution in [0, 0.1) is 0 Å². The van der Waals surface area contributed by atoms with E-state index in [-0.39, 0.29) is 5.60 Å². The van der Waals surface area contributed by atoms with Gasteiger partial charge < -0.3 is 10.1 Å². The molecule has 0 unspecified atom stereocenters. The summed E-state index contributed by atoms with van der Waals surface area (Å²) >= 11 is 0. The van der Waals surface area contributed by atoms with Crippen LogP contribution in [0.5, 0.6) is 0 Å². The van der Waals surface area contributed by atoms with Gasteiger partial charge in [-0.2, -0.15) is 0 Å². The Labute approximate surface area is 84.3 Å². The van der Waals surface area contributed by atoms with Crippen molar-refractivity contribution in [3.63, 3.8) is 0 Å². The Morgan fingerprint density at radius 2 is 1.93 bits per heavy atom. The average molecular weight is 190 g/mol. The monoisotopic (exact) mass is 190 g/mol. The summed E-state index contributed by atoms with van der Waals surface area (Å²) in [5.74, 6) is 0. The summed E-state index contributed by atoms with van der Waals surface area (Å²) in [6.07, 6.45) is 2.34. The number of nitrogens with two attached hydrogens (primary N) is 1. The lowest BCUT2D eigenvalue weighted by molar-refractivity contribution is -0.669. The normalized spacial score (nSPS) is 23.7. The fourth-order valence-electron chi connectivity index (χ4n) is 2.74. The molecule has 14 heavy (non-hydrogen) atoms. The summed E-state index contributed by atoms with van der Waals surface area (Å²) in [5.41, 5.74) is 2.92. The third kappa shape index (κ3) is 1.11. The number of rotatable bonds is 0. The van der Waals surface area contributed by atoms with Crippen molar-refractivity contribution < 1.29 is 10.1 Å². The maximum Gasteiger partial charge on any atom is 0.105 e. The molecule has 0 radical (unpaired) electrons. The molecule has 1 fully saturated rings. The summed E-state index contributed by atoms with van der Waals surface area (Å²) in [6, 6.07) is 8.68. The quantitative estimate of drug-likeness (QED) is 0.642. The molecule has 2 aliphatic rings. The van der Waals surface area contributed by atoms with Crippen LogP contribution in [0.2, 0.25) is 0 Å². The van der Waals surface area contributed by atoms with Crippen LogP contribution in [0.1, 0.15) is 24.0 Å². The van der Waals surface area contributed by atoms with Crippen LogP contribution < -0.4 is 5.32 Å². The highest BCUT2D eigenvalue weighted by atomic mass is 16.5. The molecule has 2 N–H and O–H groups in total. The van der Waals surface area contributed by atoms with E-state index >= 15 is 0 Å². The topological polar surface area (TPSA) is 25.8 Å². The molecule has 0 aliphatic carbocycles. The van der Waals surface area contributed by atoms with Gasteiger partial charge in [0.25, 0.3) is 0 Å². The van der Waals surface area contributed by atoms with E-state index in [1.807, 2.05) is 0 Å². The van der Waals surface area contributed by atoms with Crippen molar-refractivity contribution in [2.24, 2.45) is 0 Å². The molecule has 1 aromatic rings. The third-order valence-corrected chi connectivity index (χ3v) is 3.52. The first-order chi connectivity index (χ1) is 6.91. The van der Waals surface area contributed by atoms with E-state index in [2.05, 4.69) is 29.6 Å². The molecule has 74 valence electrons. The zero-order valence-corrected chi connectivity index (χ0v) is 8.33. The first kappa shape index (κ1) is 8.45. The van der Waals surface area contributed by atoms with Gasteiger partial charge in [0.2, 0.25) is 0 Å². The molecule has 2 nitrogen and oxygen atoms in total. The van der Waals surface area contributed by atoms with E-state index in [9.17, 15) is 0 Å². The number of piperidine rings is 1. The first-order valence-electron chi connectivity index (χ1n) is 5.45. The second-order valence-electron chi connectivity index (χ2n) is 4.31. The summed E-state index contributed by atoms with van der Waals surface area (Å²) < 4.78 is 6.03. The summed E-state index contributed by atoms with van der Waals surface area (Å²) in [6.45, 7) is 3.22. The Bertz CT molecular complexity index is 336. The molecule has 1 aromatic carbocycles. The predicted molar refractivity (Wildman–Crippen MR) is 53.8 cm³/mol. The van der Waals surface area contributed by atoms with Gasteiger partial charge in [-0.25, -0.2) is 0 Å². The standard InChI is InChI=1S/C12H15NO/c1-2-4-11-10(3-1)9-14-12(11)5-7-13-8-6-12/h1-4,13H,5-9H2/p+1. The van der Waals surface area contributed by atoms with Crippen molar-refractivity contribution in [1.82, 2.24) is 0 Å². The van der Waals surface area contributed by atoms with E-state index in [0.717, 1.165) is 6.61 Å². The van der Waals surface area contributed by atoms with Crippen LogP contribution in [-0.2, 0) is 16.9 Å². The molecule has 2 heteroatoms. The number of fused-ring (bicyclic) bond motifs is 2. The van der Waals surface area contributed by atoms with E-state index in [1.165, 1.54) is 37.1 Å².